The first-order valence-corrected chi connectivity index (χ1v) is 6.35. The highest BCUT2D eigenvalue weighted by Crippen LogP contribution is 2.28. The SMILES string of the molecule is CCSc1ccc(-c2c[nH]c(N)c2C#N)cc1. The van der Waals surface area contributed by atoms with Crippen molar-refractivity contribution in [1.29, 1.82) is 5.26 Å². The Balaban J connectivity index is 2.37. The first kappa shape index (κ1) is 11.6. The highest BCUT2D eigenvalue weighted by molar-refractivity contribution is 7.99. The molecule has 0 saturated carbocycles. The van der Waals surface area contributed by atoms with Crippen LogP contribution in [0.5, 0.6) is 0 Å². The molecule has 86 valence electrons. The van der Waals surface area contributed by atoms with E-state index in [4.69, 9.17) is 11.0 Å². The topological polar surface area (TPSA) is 65.6 Å². The summed E-state index contributed by atoms with van der Waals surface area (Å²) in [6, 6.07) is 10.3. The molecule has 1 aromatic carbocycles. The molecule has 0 spiro atoms. The molecule has 0 fully saturated rings. The maximum Gasteiger partial charge on any atom is 0.119 e. The van der Waals surface area contributed by atoms with Crippen LogP contribution in [0.4, 0.5) is 5.82 Å². The molecule has 2 rings (SSSR count). The van der Waals surface area contributed by atoms with Crippen LogP contribution in [-0.2, 0) is 0 Å². The number of benzene rings is 1. The molecule has 0 amide bonds. The van der Waals surface area contributed by atoms with E-state index in [0.717, 1.165) is 16.9 Å². The maximum absolute atomic E-state index is 9.03. The van der Waals surface area contributed by atoms with Crippen molar-refractivity contribution in [3.8, 4) is 17.2 Å². The van der Waals surface area contributed by atoms with Gasteiger partial charge in [-0.05, 0) is 23.4 Å². The van der Waals surface area contributed by atoms with Crippen LogP contribution < -0.4 is 5.73 Å². The summed E-state index contributed by atoms with van der Waals surface area (Å²) >= 11 is 1.80. The largest absolute Gasteiger partial charge is 0.384 e. The Morgan fingerprint density at radius 3 is 2.65 bits per heavy atom. The van der Waals surface area contributed by atoms with Gasteiger partial charge in [0, 0.05) is 16.7 Å². The van der Waals surface area contributed by atoms with Gasteiger partial charge in [0.1, 0.15) is 17.5 Å². The Labute approximate surface area is 105 Å². The molecule has 2 aromatic rings. The van der Waals surface area contributed by atoms with Crippen molar-refractivity contribution < 1.29 is 0 Å². The third-order valence-corrected chi connectivity index (χ3v) is 3.39. The lowest BCUT2D eigenvalue weighted by Crippen LogP contribution is -1.87. The Kier molecular flexibility index (Phi) is 3.40. The fraction of sp³-hybridized carbons (Fsp3) is 0.154. The first-order valence-electron chi connectivity index (χ1n) is 5.36. The fourth-order valence-corrected chi connectivity index (χ4v) is 2.35. The second kappa shape index (κ2) is 4.98. The predicted molar refractivity (Wildman–Crippen MR) is 71.8 cm³/mol. The molecule has 1 heterocycles. The summed E-state index contributed by atoms with van der Waals surface area (Å²) in [6.07, 6.45) is 1.77. The van der Waals surface area contributed by atoms with Gasteiger partial charge in [-0.25, -0.2) is 0 Å². The Hall–Kier alpha value is -1.86. The molecule has 0 radical (unpaired) electrons. The van der Waals surface area contributed by atoms with Gasteiger partial charge in [0.15, 0.2) is 0 Å². The number of thioether (sulfide) groups is 1. The predicted octanol–water partition coefficient (Wildman–Crippen LogP) is 3.25. The van der Waals surface area contributed by atoms with Gasteiger partial charge in [0.2, 0.25) is 0 Å². The summed E-state index contributed by atoms with van der Waals surface area (Å²) < 4.78 is 0. The van der Waals surface area contributed by atoms with Gasteiger partial charge in [0.25, 0.3) is 0 Å². The lowest BCUT2D eigenvalue weighted by molar-refractivity contribution is 1.40. The van der Waals surface area contributed by atoms with Crippen molar-refractivity contribution >= 4 is 17.6 Å². The fourth-order valence-electron chi connectivity index (χ4n) is 1.68. The first-order chi connectivity index (χ1) is 8.26. The van der Waals surface area contributed by atoms with Crippen molar-refractivity contribution in [2.45, 2.75) is 11.8 Å². The van der Waals surface area contributed by atoms with Crippen molar-refractivity contribution in [1.82, 2.24) is 4.98 Å². The summed E-state index contributed by atoms with van der Waals surface area (Å²) in [7, 11) is 0. The van der Waals surface area contributed by atoms with E-state index in [1.54, 1.807) is 18.0 Å². The minimum Gasteiger partial charge on any atom is -0.384 e. The average molecular weight is 243 g/mol. The highest BCUT2D eigenvalue weighted by Gasteiger charge is 2.09. The van der Waals surface area contributed by atoms with Crippen LogP contribution in [0.15, 0.2) is 35.4 Å². The molecular formula is C13H13N3S. The zero-order valence-electron chi connectivity index (χ0n) is 9.53. The number of hydrogen-bond donors (Lipinski definition) is 2. The van der Waals surface area contributed by atoms with Crippen molar-refractivity contribution in [3.05, 3.63) is 36.0 Å². The smallest absolute Gasteiger partial charge is 0.119 e. The van der Waals surface area contributed by atoms with E-state index >= 15 is 0 Å². The number of rotatable bonds is 3. The zero-order valence-corrected chi connectivity index (χ0v) is 10.3. The molecule has 0 atom stereocenters. The van der Waals surface area contributed by atoms with E-state index in [9.17, 15) is 0 Å². The van der Waals surface area contributed by atoms with Crippen molar-refractivity contribution in [3.63, 3.8) is 0 Å². The second-order valence-electron chi connectivity index (χ2n) is 3.56. The molecule has 17 heavy (non-hydrogen) atoms. The number of nitrogens with zero attached hydrogens (tertiary/aromatic N) is 1. The molecule has 0 aliphatic rings. The summed E-state index contributed by atoms with van der Waals surface area (Å²) in [5, 5.41) is 9.03. The molecule has 1 aromatic heterocycles. The molecule has 0 aliphatic carbocycles. The lowest BCUT2D eigenvalue weighted by Gasteiger charge is -2.02. The minimum absolute atomic E-state index is 0.425. The number of aromatic nitrogens is 1. The van der Waals surface area contributed by atoms with Crippen LogP contribution in [0.1, 0.15) is 12.5 Å². The third-order valence-electron chi connectivity index (χ3n) is 2.50. The van der Waals surface area contributed by atoms with E-state index < -0.39 is 0 Å². The maximum atomic E-state index is 9.03. The quantitative estimate of drug-likeness (QED) is 0.813. The van der Waals surface area contributed by atoms with Gasteiger partial charge >= 0.3 is 0 Å². The Morgan fingerprint density at radius 2 is 2.06 bits per heavy atom. The van der Waals surface area contributed by atoms with E-state index in [0.29, 0.717) is 11.4 Å². The van der Waals surface area contributed by atoms with Crippen molar-refractivity contribution in [2.75, 3.05) is 11.5 Å². The normalized spacial score (nSPS) is 10.1. The molecule has 0 unspecified atom stereocenters. The van der Waals surface area contributed by atoms with Gasteiger partial charge < -0.3 is 10.7 Å². The van der Waals surface area contributed by atoms with Crippen LogP contribution in [0.25, 0.3) is 11.1 Å². The van der Waals surface area contributed by atoms with Gasteiger partial charge in [-0.3, -0.25) is 0 Å². The monoisotopic (exact) mass is 243 g/mol. The molecule has 0 bridgehead atoms. The molecule has 4 heteroatoms. The van der Waals surface area contributed by atoms with Crippen LogP contribution in [-0.4, -0.2) is 10.7 Å². The number of nitrogen functional groups attached to an aromatic ring is 1. The summed E-state index contributed by atoms with van der Waals surface area (Å²) in [4.78, 5) is 4.11. The highest BCUT2D eigenvalue weighted by atomic mass is 32.2. The number of nitrogens with one attached hydrogen (secondary N) is 1. The average Bonchev–Trinajstić information content (AvgIpc) is 2.72. The summed E-state index contributed by atoms with van der Waals surface area (Å²) in [6.45, 7) is 2.12. The molecule has 3 N–H and O–H groups in total. The summed E-state index contributed by atoms with van der Waals surface area (Å²) in [5.41, 5.74) is 8.07. The van der Waals surface area contributed by atoms with Gasteiger partial charge in [-0.2, -0.15) is 5.26 Å². The van der Waals surface area contributed by atoms with E-state index in [-0.39, 0.29) is 0 Å². The number of anilines is 1. The van der Waals surface area contributed by atoms with Gasteiger partial charge in [-0.15, -0.1) is 11.8 Å². The second-order valence-corrected chi connectivity index (χ2v) is 4.90. The van der Waals surface area contributed by atoms with E-state index in [1.165, 1.54) is 4.90 Å². The van der Waals surface area contributed by atoms with Crippen LogP contribution in [0.2, 0.25) is 0 Å². The number of aromatic amines is 1. The number of H-pyrrole nitrogens is 1. The molecule has 0 saturated heterocycles. The van der Waals surface area contributed by atoms with Crippen LogP contribution >= 0.6 is 11.8 Å². The standard InChI is InChI=1S/C13H13N3S/c1-2-17-10-5-3-9(4-6-10)12-8-16-13(15)11(12)7-14/h3-6,8,16H,2,15H2,1H3. The lowest BCUT2D eigenvalue weighted by atomic mass is 10.1. The third kappa shape index (κ3) is 2.29. The van der Waals surface area contributed by atoms with E-state index in [2.05, 4.69) is 30.1 Å². The van der Waals surface area contributed by atoms with E-state index in [1.807, 2.05) is 12.1 Å². The molecular weight excluding hydrogens is 230 g/mol. The zero-order chi connectivity index (χ0) is 12.3. The van der Waals surface area contributed by atoms with Gasteiger partial charge in [0.05, 0.1) is 0 Å². The summed E-state index contributed by atoms with van der Waals surface area (Å²) in [5.74, 6) is 1.48. The number of nitrogens with two attached hydrogens (primary N) is 1. The van der Waals surface area contributed by atoms with Gasteiger partial charge in [-0.1, -0.05) is 19.1 Å². The van der Waals surface area contributed by atoms with Crippen LogP contribution in [0, 0.1) is 11.3 Å². The Bertz CT molecular complexity index is 549. The van der Waals surface area contributed by atoms with Crippen LogP contribution in [0.3, 0.4) is 0 Å². The molecule has 0 aliphatic heterocycles. The van der Waals surface area contributed by atoms with Crippen molar-refractivity contribution in [2.24, 2.45) is 0 Å². The minimum atomic E-state index is 0.425. The number of hydrogen-bond acceptors (Lipinski definition) is 3. The number of nitriles is 1. The Morgan fingerprint density at radius 1 is 1.35 bits per heavy atom. The molecule has 3 nitrogen and oxygen atoms in total.